The maximum absolute atomic E-state index is 4.59. The number of nitrogens with zero attached hydrogens (tertiary/aromatic N) is 4. The third-order valence-corrected chi connectivity index (χ3v) is 3.76. The number of nitrogens with one attached hydrogen (secondary N) is 1. The van der Waals surface area contributed by atoms with Crippen LogP contribution >= 0.6 is 15.9 Å². The standard InChI is InChI=1S/C14H10BrN5/c1-8-17-11-3-2-9(6-12(11)18-8)10-4-5-14-16-7-13(15)20(14)19-10/h2-7H,1H3,(H,17,18). The molecule has 0 bridgehead atoms. The first-order valence-corrected chi connectivity index (χ1v) is 6.97. The zero-order chi connectivity index (χ0) is 13.7. The first-order chi connectivity index (χ1) is 9.70. The zero-order valence-corrected chi connectivity index (χ0v) is 12.2. The van der Waals surface area contributed by atoms with Gasteiger partial charge >= 0.3 is 0 Å². The highest BCUT2D eigenvalue weighted by atomic mass is 79.9. The van der Waals surface area contributed by atoms with Crippen LogP contribution in [-0.4, -0.2) is 24.6 Å². The molecule has 0 fully saturated rings. The van der Waals surface area contributed by atoms with Crippen LogP contribution in [0.1, 0.15) is 5.82 Å². The molecule has 1 N–H and O–H groups in total. The van der Waals surface area contributed by atoms with Gasteiger partial charge in [-0.15, -0.1) is 0 Å². The Morgan fingerprint density at radius 2 is 2.10 bits per heavy atom. The van der Waals surface area contributed by atoms with Crippen molar-refractivity contribution < 1.29 is 0 Å². The SMILES string of the molecule is Cc1nc2ccc(-c3ccc4ncc(Br)n4n3)cc2[nH]1. The fourth-order valence-electron chi connectivity index (χ4n) is 2.30. The molecule has 20 heavy (non-hydrogen) atoms. The predicted octanol–water partition coefficient (Wildman–Crippen LogP) is 3.34. The van der Waals surface area contributed by atoms with Crippen molar-refractivity contribution in [1.29, 1.82) is 0 Å². The van der Waals surface area contributed by atoms with Crippen LogP contribution in [-0.2, 0) is 0 Å². The summed E-state index contributed by atoms with van der Waals surface area (Å²) >= 11 is 3.44. The van der Waals surface area contributed by atoms with Gasteiger partial charge in [-0.1, -0.05) is 6.07 Å². The Kier molecular flexibility index (Phi) is 2.40. The molecule has 4 rings (SSSR count). The fraction of sp³-hybridized carbons (Fsp3) is 0.0714. The van der Waals surface area contributed by atoms with Gasteiger partial charge in [0.1, 0.15) is 10.4 Å². The number of hydrogen-bond acceptors (Lipinski definition) is 3. The fourth-order valence-corrected chi connectivity index (χ4v) is 2.66. The summed E-state index contributed by atoms with van der Waals surface area (Å²) in [5.74, 6) is 0.915. The zero-order valence-electron chi connectivity index (χ0n) is 10.6. The Morgan fingerprint density at radius 1 is 1.20 bits per heavy atom. The van der Waals surface area contributed by atoms with E-state index >= 15 is 0 Å². The van der Waals surface area contributed by atoms with Crippen LogP contribution in [0.3, 0.4) is 0 Å². The summed E-state index contributed by atoms with van der Waals surface area (Å²) in [6, 6.07) is 10.0. The van der Waals surface area contributed by atoms with Gasteiger partial charge in [0, 0.05) is 5.56 Å². The molecule has 6 heteroatoms. The Hall–Kier alpha value is -2.21. The molecule has 0 saturated carbocycles. The first-order valence-electron chi connectivity index (χ1n) is 6.18. The molecule has 0 amide bonds. The summed E-state index contributed by atoms with van der Waals surface area (Å²) in [5, 5.41) is 4.59. The van der Waals surface area contributed by atoms with Gasteiger partial charge in [0.15, 0.2) is 5.65 Å². The first kappa shape index (κ1) is 11.6. The number of H-pyrrole nitrogens is 1. The van der Waals surface area contributed by atoms with Crippen LogP contribution in [0.5, 0.6) is 0 Å². The lowest BCUT2D eigenvalue weighted by Crippen LogP contribution is -1.94. The van der Waals surface area contributed by atoms with Gasteiger partial charge in [-0.3, -0.25) is 0 Å². The van der Waals surface area contributed by atoms with E-state index in [4.69, 9.17) is 0 Å². The van der Waals surface area contributed by atoms with E-state index in [-0.39, 0.29) is 0 Å². The molecular formula is C14H10BrN5. The van der Waals surface area contributed by atoms with Crippen LogP contribution in [0, 0.1) is 6.92 Å². The Morgan fingerprint density at radius 3 is 3.00 bits per heavy atom. The largest absolute Gasteiger partial charge is 0.342 e. The van der Waals surface area contributed by atoms with Crippen molar-refractivity contribution in [3.8, 4) is 11.3 Å². The summed E-state index contributed by atoms with van der Waals surface area (Å²) in [7, 11) is 0. The van der Waals surface area contributed by atoms with E-state index in [1.54, 1.807) is 10.7 Å². The van der Waals surface area contributed by atoms with Crippen LogP contribution in [0.15, 0.2) is 41.1 Å². The van der Waals surface area contributed by atoms with Gasteiger partial charge < -0.3 is 4.98 Å². The average Bonchev–Trinajstić information content (AvgIpc) is 3.00. The lowest BCUT2D eigenvalue weighted by atomic mass is 10.1. The highest BCUT2D eigenvalue weighted by Gasteiger charge is 2.07. The Bertz CT molecular complexity index is 937. The molecular weight excluding hydrogens is 318 g/mol. The van der Waals surface area contributed by atoms with E-state index in [1.807, 2.05) is 31.2 Å². The second-order valence-corrected chi connectivity index (χ2v) is 5.44. The number of aromatic nitrogens is 5. The normalized spacial score (nSPS) is 11.5. The molecule has 5 nitrogen and oxygen atoms in total. The second kappa shape index (κ2) is 4.14. The summed E-state index contributed by atoms with van der Waals surface area (Å²) in [6.07, 6.45) is 1.74. The lowest BCUT2D eigenvalue weighted by Gasteiger charge is -2.02. The minimum Gasteiger partial charge on any atom is -0.342 e. The van der Waals surface area contributed by atoms with E-state index in [0.29, 0.717) is 0 Å². The summed E-state index contributed by atoms with van der Waals surface area (Å²) in [4.78, 5) is 11.9. The van der Waals surface area contributed by atoms with Crippen molar-refractivity contribution >= 4 is 32.6 Å². The number of aromatic amines is 1. The molecule has 3 aromatic heterocycles. The van der Waals surface area contributed by atoms with E-state index < -0.39 is 0 Å². The van der Waals surface area contributed by atoms with Crippen molar-refractivity contribution in [3.05, 3.63) is 47.0 Å². The molecule has 0 atom stereocenters. The van der Waals surface area contributed by atoms with Crippen molar-refractivity contribution in [2.75, 3.05) is 0 Å². The van der Waals surface area contributed by atoms with Crippen LogP contribution in [0.2, 0.25) is 0 Å². The number of imidazole rings is 2. The number of halogens is 1. The van der Waals surface area contributed by atoms with Crippen molar-refractivity contribution in [3.63, 3.8) is 0 Å². The maximum atomic E-state index is 4.59. The van der Waals surface area contributed by atoms with E-state index in [2.05, 4.69) is 42.0 Å². The number of aryl methyl sites for hydroxylation is 1. The number of rotatable bonds is 1. The number of fused-ring (bicyclic) bond motifs is 2. The Balaban J connectivity index is 1.92. The minimum atomic E-state index is 0.819. The predicted molar refractivity (Wildman–Crippen MR) is 80.5 cm³/mol. The molecule has 1 aromatic carbocycles. The topological polar surface area (TPSA) is 58.9 Å². The molecule has 0 aliphatic heterocycles. The van der Waals surface area contributed by atoms with Gasteiger partial charge in [-0.05, 0) is 47.1 Å². The number of hydrogen-bond donors (Lipinski definition) is 1. The third kappa shape index (κ3) is 1.72. The summed E-state index contributed by atoms with van der Waals surface area (Å²) in [6.45, 7) is 1.95. The third-order valence-electron chi connectivity index (χ3n) is 3.22. The molecule has 0 spiro atoms. The smallest absolute Gasteiger partial charge is 0.154 e. The van der Waals surface area contributed by atoms with Gasteiger partial charge in [-0.2, -0.15) is 5.10 Å². The number of benzene rings is 1. The summed E-state index contributed by atoms with van der Waals surface area (Å²) < 4.78 is 2.62. The van der Waals surface area contributed by atoms with Crippen molar-refractivity contribution in [1.82, 2.24) is 24.6 Å². The molecule has 0 saturated heterocycles. The molecule has 0 aliphatic rings. The maximum Gasteiger partial charge on any atom is 0.154 e. The quantitative estimate of drug-likeness (QED) is 0.583. The Labute approximate surface area is 122 Å². The lowest BCUT2D eigenvalue weighted by molar-refractivity contribution is 0.922. The van der Waals surface area contributed by atoms with Crippen molar-refractivity contribution in [2.24, 2.45) is 0 Å². The molecule has 0 unspecified atom stereocenters. The van der Waals surface area contributed by atoms with Gasteiger partial charge in [0.05, 0.1) is 22.9 Å². The van der Waals surface area contributed by atoms with Crippen LogP contribution < -0.4 is 0 Å². The van der Waals surface area contributed by atoms with Gasteiger partial charge in [-0.25, -0.2) is 14.5 Å². The second-order valence-electron chi connectivity index (χ2n) is 4.62. The molecule has 3 heterocycles. The molecule has 0 aliphatic carbocycles. The summed E-state index contributed by atoms with van der Waals surface area (Å²) in [5.41, 5.74) is 4.75. The molecule has 4 aromatic rings. The monoisotopic (exact) mass is 327 g/mol. The molecule has 0 radical (unpaired) electrons. The highest BCUT2D eigenvalue weighted by Crippen LogP contribution is 2.23. The van der Waals surface area contributed by atoms with Gasteiger partial charge in [0.2, 0.25) is 0 Å². The minimum absolute atomic E-state index is 0.819. The van der Waals surface area contributed by atoms with E-state index in [1.165, 1.54) is 0 Å². The van der Waals surface area contributed by atoms with E-state index in [9.17, 15) is 0 Å². The van der Waals surface area contributed by atoms with Crippen LogP contribution in [0.4, 0.5) is 0 Å². The molecule has 98 valence electrons. The average molecular weight is 328 g/mol. The van der Waals surface area contributed by atoms with Gasteiger partial charge in [0.25, 0.3) is 0 Å². The highest BCUT2D eigenvalue weighted by molar-refractivity contribution is 9.10. The van der Waals surface area contributed by atoms with Crippen LogP contribution in [0.25, 0.3) is 27.9 Å². The van der Waals surface area contributed by atoms with Crippen molar-refractivity contribution in [2.45, 2.75) is 6.92 Å². The van der Waals surface area contributed by atoms with E-state index in [0.717, 1.165) is 38.4 Å².